The van der Waals surface area contributed by atoms with Gasteiger partial charge in [-0.15, -0.1) is 0 Å². The molecule has 0 unspecified atom stereocenters. The molecule has 0 saturated heterocycles. The molecule has 0 bridgehead atoms. The molecule has 0 atom stereocenters. The summed E-state index contributed by atoms with van der Waals surface area (Å²) in [6.45, 7) is 0.859. The third-order valence-corrected chi connectivity index (χ3v) is 5.96. The predicted molar refractivity (Wildman–Crippen MR) is 76.5 cm³/mol. The van der Waals surface area contributed by atoms with Crippen molar-refractivity contribution >= 4 is 21.6 Å². The molecule has 2 N–H and O–H groups in total. The van der Waals surface area contributed by atoms with Crippen molar-refractivity contribution in [1.29, 1.82) is 0 Å². The van der Waals surface area contributed by atoms with Crippen LogP contribution in [0.5, 0.6) is 0 Å². The Labute approximate surface area is 119 Å². The maximum Gasteiger partial charge on any atom is 0.244 e. The summed E-state index contributed by atoms with van der Waals surface area (Å²) in [7, 11) is -1.92. The van der Waals surface area contributed by atoms with Crippen molar-refractivity contribution in [2.45, 2.75) is 30.7 Å². The molecular formula is C13H19ClN2O2S. The highest BCUT2D eigenvalue weighted by molar-refractivity contribution is 7.89. The van der Waals surface area contributed by atoms with Crippen molar-refractivity contribution in [1.82, 2.24) is 4.31 Å². The first-order chi connectivity index (χ1) is 8.95. The molecular weight excluding hydrogens is 284 g/mol. The minimum atomic E-state index is -3.53. The summed E-state index contributed by atoms with van der Waals surface area (Å²) in [5.41, 5.74) is 6.31. The highest BCUT2D eigenvalue weighted by Gasteiger charge is 2.28. The molecule has 1 saturated carbocycles. The van der Waals surface area contributed by atoms with Gasteiger partial charge in [0, 0.05) is 20.1 Å². The third kappa shape index (κ3) is 3.11. The molecule has 2 rings (SSSR count). The van der Waals surface area contributed by atoms with E-state index in [-0.39, 0.29) is 9.92 Å². The molecule has 106 valence electrons. The van der Waals surface area contributed by atoms with Gasteiger partial charge in [0.15, 0.2) is 0 Å². The van der Waals surface area contributed by atoms with Crippen LogP contribution in [0.2, 0.25) is 5.02 Å². The Hall–Kier alpha value is -0.620. The molecule has 0 spiro atoms. The molecule has 1 fully saturated rings. The van der Waals surface area contributed by atoms with Crippen LogP contribution in [0.25, 0.3) is 0 Å². The normalized spacial score (nSPS) is 16.6. The Morgan fingerprint density at radius 2 is 2.11 bits per heavy atom. The number of rotatable bonds is 5. The summed E-state index contributed by atoms with van der Waals surface area (Å²) in [5, 5.41) is 0.248. The van der Waals surface area contributed by atoms with Crippen LogP contribution >= 0.6 is 11.6 Å². The molecule has 19 heavy (non-hydrogen) atoms. The van der Waals surface area contributed by atoms with Gasteiger partial charge in [-0.1, -0.05) is 24.1 Å². The van der Waals surface area contributed by atoms with E-state index in [0.29, 0.717) is 19.0 Å². The lowest BCUT2D eigenvalue weighted by atomic mass is 9.86. The first kappa shape index (κ1) is 14.8. The lowest BCUT2D eigenvalue weighted by Gasteiger charge is -2.29. The van der Waals surface area contributed by atoms with Gasteiger partial charge in [0.1, 0.15) is 4.90 Å². The van der Waals surface area contributed by atoms with Gasteiger partial charge in [-0.3, -0.25) is 0 Å². The summed E-state index contributed by atoms with van der Waals surface area (Å²) in [4.78, 5) is 0.152. The van der Waals surface area contributed by atoms with Crippen LogP contribution in [-0.4, -0.2) is 26.3 Å². The van der Waals surface area contributed by atoms with Crippen molar-refractivity contribution in [2.75, 3.05) is 13.6 Å². The van der Waals surface area contributed by atoms with E-state index in [2.05, 4.69) is 0 Å². The van der Waals surface area contributed by atoms with Gasteiger partial charge < -0.3 is 5.73 Å². The number of hydrogen-bond donors (Lipinski definition) is 1. The zero-order valence-corrected chi connectivity index (χ0v) is 12.5. The highest BCUT2D eigenvalue weighted by atomic mass is 35.5. The number of hydrogen-bond acceptors (Lipinski definition) is 3. The maximum atomic E-state index is 12.5. The topological polar surface area (TPSA) is 63.4 Å². The smallest absolute Gasteiger partial charge is 0.244 e. The molecule has 1 aliphatic carbocycles. The van der Waals surface area contributed by atoms with E-state index in [1.54, 1.807) is 25.2 Å². The largest absolute Gasteiger partial charge is 0.326 e. The van der Waals surface area contributed by atoms with Crippen LogP contribution in [0.3, 0.4) is 0 Å². The van der Waals surface area contributed by atoms with E-state index in [1.807, 2.05) is 0 Å². The van der Waals surface area contributed by atoms with Gasteiger partial charge >= 0.3 is 0 Å². The second-order valence-electron chi connectivity index (χ2n) is 5.05. The van der Waals surface area contributed by atoms with Crippen molar-refractivity contribution in [3.63, 3.8) is 0 Å². The van der Waals surface area contributed by atoms with E-state index in [4.69, 9.17) is 17.3 Å². The van der Waals surface area contributed by atoms with Crippen LogP contribution in [0.1, 0.15) is 24.8 Å². The Morgan fingerprint density at radius 3 is 2.63 bits per heavy atom. The molecule has 1 aliphatic rings. The zero-order valence-electron chi connectivity index (χ0n) is 11.0. The quantitative estimate of drug-likeness (QED) is 0.907. The van der Waals surface area contributed by atoms with Crippen molar-refractivity contribution < 1.29 is 8.42 Å². The number of sulfonamides is 1. The fraction of sp³-hybridized carbons (Fsp3) is 0.538. The van der Waals surface area contributed by atoms with E-state index < -0.39 is 10.0 Å². The molecule has 0 aromatic heterocycles. The zero-order chi connectivity index (χ0) is 14.0. The Kier molecular flexibility index (Phi) is 4.50. The van der Waals surface area contributed by atoms with Crippen molar-refractivity contribution in [3.8, 4) is 0 Å². The Bertz CT molecular complexity index is 556. The molecule has 1 aromatic rings. The summed E-state index contributed by atoms with van der Waals surface area (Å²) in [6, 6.07) is 4.90. The van der Waals surface area contributed by atoms with Gasteiger partial charge in [-0.25, -0.2) is 12.7 Å². The van der Waals surface area contributed by atoms with Crippen LogP contribution in [0.4, 0.5) is 0 Å². The van der Waals surface area contributed by atoms with Crippen molar-refractivity contribution in [2.24, 2.45) is 11.7 Å². The predicted octanol–water partition coefficient (Wildman–Crippen LogP) is 2.22. The minimum Gasteiger partial charge on any atom is -0.326 e. The minimum absolute atomic E-state index is 0.152. The summed E-state index contributed by atoms with van der Waals surface area (Å²) < 4.78 is 26.4. The first-order valence-corrected chi connectivity index (χ1v) is 8.22. The molecule has 6 heteroatoms. The molecule has 0 amide bonds. The summed E-state index contributed by atoms with van der Waals surface area (Å²) in [5.74, 6) is 0.483. The second kappa shape index (κ2) is 5.79. The second-order valence-corrected chi connectivity index (χ2v) is 7.47. The SMILES string of the molecule is CN(CC1CCC1)S(=O)(=O)c1cc(CN)ccc1Cl. The highest BCUT2D eigenvalue weighted by Crippen LogP contribution is 2.30. The molecule has 0 radical (unpaired) electrons. The number of nitrogens with two attached hydrogens (primary N) is 1. The van der Waals surface area contributed by atoms with Gasteiger partial charge in [0.25, 0.3) is 0 Å². The number of benzene rings is 1. The van der Waals surface area contributed by atoms with E-state index in [9.17, 15) is 8.42 Å². The summed E-state index contributed by atoms with van der Waals surface area (Å²) >= 11 is 6.02. The van der Waals surface area contributed by atoms with E-state index in [0.717, 1.165) is 18.4 Å². The van der Waals surface area contributed by atoms with Gasteiger partial charge in [-0.2, -0.15) is 0 Å². The Balaban J connectivity index is 2.26. The fourth-order valence-electron chi connectivity index (χ4n) is 2.18. The average molecular weight is 303 g/mol. The van der Waals surface area contributed by atoms with E-state index >= 15 is 0 Å². The van der Waals surface area contributed by atoms with Gasteiger partial charge in [0.2, 0.25) is 10.0 Å². The standard InChI is InChI=1S/C13H19ClN2O2S/c1-16(9-10-3-2-4-10)19(17,18)13-7-11(8-15)5-6-12(13)14/h5-7,10H,2-4,8-9,15H2,1H3. The lowest BCUT2D eigenvalue weighted by molar-refractivity contribution is 0.263. The third-order valence-electron chi connectivity index (χ3n) is 3.66. The first-order valence-electron chi connectivity index (χ1n) is 6.40. The van der Waals surface area contributed by atoms with Gasteiger partial charge in [-0.05, 0) is 36.5 Å². The van der Waals surface area contributed by atoms with Gasteiger partial charge in [0.05, 0.1) is 5.02 Å². The molecule has 1 aromatic carbocycles. The molecule has 4 nitrogen and oxygen atoms in total. The lowest BCUT2D eigenvalue weighted by Crippen LogP contribution is -2.34. The molecule has 0 aliphatic heterocycles. The van der Waals surface area contributed by atoms with Crippen LogP contribution in [0.15, 0.2) is 23.1 Å². The maximum absolute atomic E-state index is 12.5. The number of halogens is 1. The van der Waals surface area contributed by atoms with Crippen LogP contribution < -0.4 is 5.73 Å². The summed E-state index contributed by atoms with van der Waals surface area (Å²) in [6.07, 6.45) is 3.41. The molecule has 0 heterocycles. The van der Waals surface area contributed by atoms with E-state index in [1.165, 1.54) is 10.7 Å². The fourth-order valence-corrected chi connectivity index (χ4v) is 3.95. The Morgan fingerprint density at radius 1 is 1.42 bits per heavy atom. The van der Waals surface area contributed by atoms with Crippen LogP contribution in [0, 0.1) is 5.92 Å². The van der Waals surface area contributed by atoms with Crippen LogP contribution in [-0.2, 0) is 16.6 Å². The van der Waals surface area contributed by atoms with Crippen molar-refractivity contribution in [3.05, 3.63) is 28.8 Å². The number of nitrogens with zero attached hydrogens (tertiary/aromatic N) is 1. The monoisotopic (exact) mass is 302 g/mol. The average Bonchev–Trinajstić information content (AvgIpc) is 2.33.